The highest BCUT2D eigenvalue weighted by Crippen LogP contribution is 2.26. The molecule has 0 radical (unpaired) electrons. The summed E-state index contributed by atoms with van der Waals surface area (Å²) < 4.78 is 31.3. The zero-order chi connectivity index (χ0) is 21.9. The van der Waals surface area contributed by atoms with Crippen LogP contribution >= 0.6 is 0 Å². The van der Waals surface area contributed by atoms with Gasteiger partial charge >= 0.3 is 0 Å². The largest absolute Gasteiger partial charge is 0.497 e. The van der Waals surface area contributed by atoms with E-state index in [0.29, 0.717) is 11.4 Å². The molecule has 2 atom stereocenters. The van der Waals surface area contributed by atoms with Crippen LogP contribution in [0.5, 0.6) is 5.75 Å². The fourth-order valence-electron chi connectivity index (χ4n) is 3.42. The van der Waals surface area contributed by atoms with Crippen molar-refractivity contribution in [2.24, 2.45) is 0 Å². The molecular formula is C22H30N2O4S. The number of benzene rings is 2. The summed E-state index contributed by atoms with van der Waals surface area (Å²) in [6.45, 7) is 9.57. The van der Waals surface area contributed by atoms with Gasteiger partial charge in [-0.1, -0.05) is 18.2 Å². The van der Waals surface area contributed by atoms with Gasteiger partial charge in [-0.25, -0.2) is 8.42 Å². The summed E-state index contributed by atoms with van der Waals surface area (Å²) in [6.07, 6.45) is 1.09. The van der Waals surface area contributed by atoms with Gasteiger partial charge in [-0.3, -0.25) is 9.10 Å². The minimum atomic E-state index is -3.69. The predicted molar refractivity (Wildman–Crippen MR) is 117 cm³/mol. The van der Waals surface area contributed by atoms with Crippen molar-refractivity contribution < 1.29 is 17.9 Å². The average molecular weight is 419 g/mol. The molecule has 1 amide bonds. The number of anilines is 1. The maximum Gasteiger partial charge on any atom is 0.244 e. The van der Waals surface area contributed by atoms with Crippen LogP contribution in [0.3, 0.4) is 0 Å². The molecule has 0 unspecified atom stereocenters. The standard InChI is InChI=1S/C22H30N2O4S/c1-14-11-16(3)21(12-15(14)2)17(4)23-22(25)18(5)24(29(7,26)27)19-9-8-10-20(13-19)28-6/h8-13,17-18H,1-7H3,(H,23,25)/t17-,18-/m1/s1. The number of ether oxygens (including phenoxy) is 1. The van der Waals surface area contributed by atoms with Gasteiger partial charge in [0.15, 0.2) is 0 Å². The van der Waals surface area contributed by atoms with E-state index in [-0.39, 0.29) is 11.9 Å². The number of sulfonamides is 1. The zero-order valence-electron chi connectivity index (χ0n) is 18.1. The third kappa shape index (κ3) is 5.29. The maximum absolute atomic E-state index is 13.0. The molecule has 0 heterocycles. The molecule has 0 saturated heterocycles. The van der Waals surface area contributed by atoms with Crippen molar-refractivity contribution in [1.29, 1.82) is 0 Å². The van der Waals surface area contributed by atoms with Crippen LogP contribution < -0.4 is 14.4 Å². The predicted octanol–water partition coefficient (Wildman–Crippen LogP) is 3.65. The second-order valence-electron chi connectivity index (χ2n) is 7.46. The fraction of sp³-hybridized carbons (Fsp3) is 0.409. The Morgan fingerprint density at radius 3 is 2.24 bits per heavy atom. The molecule has 158 valence electrons. The number of aryl methyl sites for hydroxylation is 3. The number of rotatable bonds is 7. The number of carbonyl (C=O) groups excluding carboxylic acids is 1. The van der Waals surface area contributed by atoms with Crippen LogP contribution in [0.1, 0.15) is 42.1 Å². The highest BCUT2D eigenvalue weighted by Gasteiger charge is 2.30. The van der Waals surface area contributed by atoms with E-state index in [2.05, 4.69) is 24.4 Å². The molecule has 7 heteroatoms. The lowest BCUT2D eigenvalue weighted by atomic mass is 9.96. The quantitative estimate of drug-likeness (QED) is 0.745. The summed E-state index contributed by atoms with van der Waals surface area (Å²) in [5.41, 5.74) is 4.82. The Morgan fingerprint density at radius 1 is 1.03 bits per heavy atom. The molecule has 2 rings (SSSR count). The number of hydrogen-bond donors (Lipinski definition) is 1. The highest BCUT2D eigenvalue weighted by atomic mass is 32.2. The molecule has 0 fully saturated rings. The molecule has 1 N–H and O–H groups in total. The van der Waals surface area contributed by atoms with Crippen molar-refractivity contribution in [3.63, 3.8) is 0 Å². The van der Waals surface area contributed by atoms with E-state index in [1.54, 1.807) is 31.2 Å². The molecule has 0 aliphatic heterocycles. The smallest absolute Gasteiger partial charge is 0.244 e. The zero-order valence-corrected chi connectivity index (χ0v) is 18.9. The number of nitrogens with zero attached hydrogens (tertiary/aromatic N) is 1. The van der Waals surface area contributed by atoms with Crippen molar-refractivity contribution in [2.75, 3.05) is 17.7 Å². The van der Waals surface area contributed by atoms with Crippen molar-refractivity contribution in [3.8, 4) is 5.75 Å². The first-order valence-electron chi connectivity index (χ1n) is 9.47. The van der Waals surface area contributed by atoms with E-state index >= 15 is 0 Å². The molecule has 0 spiro atoms. The van der Waals surface area contributed by atoms with E-state index in [9.17, 15) is 13.2 Å². The van der Waals surface area contributed by atoms with Crippen LogP contribution in [0.15, 0.2) is 36.4 Å². The average Bonchev–Trinajstić information content (AvgIpc) is 2.63. The van der Waals surface area contributed by atoms with Crippen LogP contribution in [-0.4, -0.2) is 33.7 Å². The molecule has 0 bridgehead atoms. The van der Waals surface area contributed by atoms with Crippen LogP contribution in [0.4, 0.5) is 5.69 Å². The Hall–Kier alpha value is -2.54. The van der Waals surface area contributed by atoms with Crippen molar-refractivity contribution in [2.45, 2.75) is 46.7 Å². The molecule has 29 heavy (non-hydrogen) atoms. The summed E-state index contributed by atoms with van der Waals surface area (Å²) >= 11 is 0. The minimum absolute atomic E-state index is 0.254. The number of methoxy groups -OCH3 is 1. The van der Waals surface area contributed by atoms with Gasteiger partial charge in [-0.05, 0) is 69.0 Å². The van der Waals surface area contributed by atoms with E-state index in [1.165, 1.54) is 12.7 Å². The lowest BCUT2D eigenvalue weighted by Crippen LogP contribution is -2.48. The van der Waals surface area contributed by atoms with E-state index in [4.69, 9.17) is 4.74 Å². The van der Waals surface area contributed by atoms with Crippen LogP contribution in [0.2, 0.25) is 0 Å². The summed E-state index contributed by atoms with van der Waals surface area (Å²) in [4.78, 5) is 13.0. The highest BCUT2D eigenvalue weighted by molar-refractivity contribution is 7.92. The maximum atomic E-state index is 13.0. The van der Waals surface area contributed by atoms with Crippen LogP contribution in [0, 0.1) is 20.8 Å². The Balaban J connectivity index is 2.31. The molecule has 0 aliphatic rings. The Morgan fingerprint density at radius 2 is 1.66 bits per heavy atom. The van der Waals surface area contributed by atoms with Gasteiger partial charge in [0.25, 0.3) is 0 Å². The second kappa shape index (κ2) is 8.86. The van der Waals surface area contributed by atoms with Gasteiger partial charge in [-0.15, -0.1) is 0 Å². The molecule has 6 nitrogen and oxygen atoms in total. The number of carbonyl (C=O) groups is 1. The lowest BCUT2D eigenvalue weighted by molar-refractivity contribution is -0.122. The fourth-order valence-corrected chi connectivity index (χ4v) is 4.58. The second-order valence-corrected chi connectivity index (χ2v) is 9.32. The summed E-state index contributed by atoms with van der Waals surface area (Å²) in [7, 11) is -2.18. The van der Waals surface area contributed by atoms with E-state index in [0.717, 1.165) is 27.3 Å². The molecular weight excluding hydrogens is 388 g/mol. The van der Waals surface area contributed by atoms with Crippen molar-refractivity contribution in [3.05, 3.63) is 58.7 Å². The number of amides is 1. The van der Waals surface area contributed by atoms with Crippen molar-refractivity contribution >= 4 is 21.6 Å². The first-order chi connectivity index (χ1) is 13.5. The molecule has 0 aliphatic carbocycles. The monoisotopic (exact) mass is 418 g/mol. The van der Waals surface area contributed by atoms with E-state index < -0.39 is 16.1 Å². The molecule has 0 aromatic heterocycles. The van der Waals surface area contributed by atoms with Gasteiger partial charge in [0, 0.05) is 6.07 Å². The first-order valence-corrected chi connectivity index (χ1v) is 11.3. The van der Waals surface area contributed by atoms with Gasteiger partial charge in [-0.2, -0.15) is 0 Å². The SMILES string of the molecule is COc1cccc(N([C@H](C)C(=O)N[C@H](C)c2cc(C)c(C)cc2C)S(C)(=O)=O)c1. The van der Waals surface area contributed by atoms with Crippen LogP contribution in [-0.2, 0) is 14.8 Å². The Bertz CT molecular complexity index is 1000. The summed E-state index contributed by atoms with van der Waals surface area (Å²) in [6, 6.07) is 9.64. The van der Waals surface area contributed by atoms with Gasteiger partial charge in [0.2, 0.25) is 15.9 Å². The normalized spacial score (nSPS) is 13.5. The number of nitrogens with one attached hydrogen (secondary N) is 1. The molecule has 2 aromatic rings. The first kappa shape index (κ1) is 22.7. The molecule has 0 saturated carbocycles. The Kier molecular flexibility index (Phi) is 6.95. The third-order valence-corrected chi connectivity index (χ3v) is 6.35. The van der Waals surface area contributed by atoms with E-state index in [1.807, 2.05) is 20.8 Å². The topological polar surface area (TPSA) is 75.7 Å². The van der Waals surface area contributed by atoms with Crippen molar-refractivity contribution in [1.82, 2.24) is 5.32 Å². The lowest BCUT2D eigenvalue weighted by Gasteiger charge is -2.29. The van der Waals surface area contributed by atoms with Gasteiger partial charge in [0.05, 0.1) is 25.1 Å². The Labute approximate surface area is 173 Å². The number of hydrogen-bond acceptors (Lipinski definition) is 4. The van der Waals surface area contributed by atoms with Gasteiger partial charge in [0.1, 0.15) is 11.8 Å². The molecule has 2 aromatic carbocycles. The van der Waals surface area contributed by atoms with Crippen LogP contribution in [0.25, 0.3) is 0 Å². The summed E-state index contributed by atoms with van der Waals surface area (Å²) in [5, 5.41) is 2.96. The third-order valence-electron chi connectivity index (χ3n) is 5.10. The summed E-state index contributed by atoms with van der Waals surface area (Å²) in [5.74, 6) is 0.145. The van der Waals surface area contributed by atoms with Gasteiger partial charge < -0.3 is 10.1 Å². The minimum Gasteiger partial charge on any atom is -0.497 e.